The summed E-state index contributed by atoms with van der Waals surface area (Å²) in [5, 5.41) is 21.6. The molecule has 2 amide bonds. The molecule has 0 aliphatic carbocycles. The number of carbonyl (C=O) groups excluding carboxylic acids is 2. The fourth-order valence-corrected chi connectivity index (χ4v) is 3.50. The van der Waals surface area contributed by atoms with E-state index in [0.717, 1.165) is 16.5 Å². The zero-order valence-corrected chi connectivity index (χ0v) is 17.7. The van der Waals surface area contributed by atoms with Crippen LogP contribution < -0.4 is 5.32 Å². The van der Waals surface area contributed by atoms with E-state index in [1.165, 1.54) is 0 Å². The molecule has 3 rings (SSSR count). The Bertz CT molecular complexity index is 1100. The average molecular weight is 457 g/mol. The largest absolute Gasteiger partial charge is 0.493 e. The van der Waals surface area contributed by atoms with E-state index in [4.69, 9.17) is 0 Å². The third-order valence-corrected chi connectivity index (χ3v) is 5.18. The number of azo groups is 1. The van der Waals surface area contributed by atoms with Gasteiger partial charge in [0.05, 0.1) is 11.1 Å². The number of amides is 2. The molecular weight excluding hydrogens is 436 g/mol. The Balaban J connectivity index is 1.67. The zero-order valence-electron chi connectivity index (χ0n) is 16.1. The van der Waals surface area contributed by atoms with E-state index in [9.17, 15) is 14.7 Å². The van der Waals surface area contributed by atoms with Gasteiger partial charge in [0.2, 0.25) is 5.88 Å². The number of benzene rings is 2. The van der Waals surface area contributed by atoms with Gasteiger partial charge in [-0.25, -0.2) is 0 Å². The Morgan fingerprint density at radius 1 is 1.21 bits per heavy atom. The fourth-order valence-electron chi connectivity index (χ4n) is 3.04. The molecule has 0 spiro atoms. The van der Waals surface area contributed by atoms with Gasteiger partial charge in [-0.2, -0.15) is 0 Å². The molecule has 0 radical (unpaired) electrons. The van der Waals surface area contributed by atoms with Crippen LogP contribution in [-0.2, 0) is 11.3 Å². The number of halogens is 1. The van der Waals surface area contributed by atoms with Gasteiger partial charge in [0.1, 0.15) is 0 Å². The van der Waals surface area contributed by atoms with Gasteiger partial charge in [-0.15, -0.1) is 10.2 Å². The van der Waals surface area contributed by atoms with Crippen LogP contribution in [0.2, 0.25) is 0 Å². The second-order valence-corrected chi connectivity index (χ2v) is 7.37. The highest BCUT2D eigenvalue weighted by Crippen LogP contribution is 2.39. The third-order valence-electron chi connectivity index (χ3n) is 4.49. The van der Waals surface area contributed by atoms with Gasteiger partial charge >= 0.3 is 0 Å². The third kappa shape index (κ3) is 4.54. The normalized spacial score (nSPS) is 11.3. The molecule has 0 fully saturated rings. The molecule has 1 aromatic heterocycles. The number of fused-ring (bicyclic) bond motifs is 1. The van der Waals surface area contributed by atoms with Crippen molar-refractivity contribution < 1.29 is 14.7 Å². The van der Waals surface area contributed by atoms with Crippen molar-refractivity contribution >= 4 is 44.3 Å². The maximum atomic E-state index is 12.1. The first-order valence-electron chi connectivity index (χ1n) is 9.21. The minimum absolute atomic E-state index is 0.00585. The first-order chi connectivity index (χ1) is 13.9. The molecule has 150 valence electrons. The number of nitrogens with one attached hydrogen (secondary N) is 1. The van der Waals surface area contributed by atoms with E-state index in [0.29, 0.717) is 16.6 Å². The number of aromatic hydroxyl groups is 1. The molecular formula is C21H21BrN4O3. The van der Waals surface area contributed by atoms with Crippen molar-refractivity contribution in [2.45, 2.75) is 26.8 Å². The summed E-state index contributed by atoms with van der Waals surface area (Å²) in [5.74, 6) is -0.782. The van der Waals surface area contributed by atoms with Gasteiger partial charge in [-0.1, -0.05) is 23.8 Å². The fraction of sp³-hybridized carbons (Fsp3) is 0.238. The molecule has 0 bridgehead atoms. The van der Waals surface area contributed by atoms with E-state index in [1.807, 2.05) is 38.1 Å². The molecule has 0 saturated heterocycles. The number of nitrogens with zero attached hydrogens (tertiary/aromatic N) is 3. The smallest absolute Gasteiger partial charge is 0.266 e. The van der Waals surface area contributed by atoms with Crippen molar-refractivity contribution in [1.82, 2.24) is 9.88 Å². The quantitative estimate of drug-likeness (QED) is 0.517. The summed E-state index contributed by atoms with van der Waals surface area (Å²) in [6, 6.07) is 12.8. The summed E-state index contributed by atoms with van der Waals surface area (Å²) in [6.45, 7) is 4.56. The Morgan fingerprint density at radius 2 is 1.97 bits per heavy atom. The van der Waals surface area contributed by atoms with Crippen molar-refractivity contribution in [2.24, 2.45) is 10.2 Å². The number of aromatic nitrogens is 1. The van der Waals surface area contributed by atoms with Crippen molar-refractivity contribution in [3.05, 3.63) is 58.1 Å². The molecule has 3 aromatic rings. The van der Waals surface area contributed by atoms with E-state index >= 15 is 0 Å². The summed E-state index contributed by atoms with van der Waals surface area (Å²) >= 11 is 3.32. The van der Waals surface area contributed by atoms with Crippen LogP contribution in [0.1, 0.15) is 29.3 Å². The molecule has 0 saturated carbocycles. The van der Waals surface area contributed by atoms with E-state index in [1.54, 1.807) is 22.8 Å². The van der Waals surface area contributed by atoms with E-state index < -0.39 is 5.91 Å². The summed E-state index contributed by atoms with van der Waals surface area (Å²) in [7, 11) is 0. The van der Waals surface area contributed by atoms with Gasteiger partial charge in [-0.3, -0.25) is 9.59 Å². The van der Waals surface area contributed by atoms with Crippen LogP contribution in [0.15, 0.2) is 57.2 Å². The van der Waals surface area contributed by atoms with Crippen LogP contribution in [-0.4, -0.2) is 28.0 Å². The van der Waals surface area contributed by atoms with Crippen LogP contribution >= 0.6 is 15.9 Å². The summed E-state index contributed by atoms with van der Waals surface area (Å²) in [4.78, 5) is 24.2. The topological polar surface area (TPSA) is 96.0 Å². The molecule has 8 heteroatoms. The molecule has 0 unspecified atom stereocenters. The van der Waals surface area contributed by atoms with Crippen LogP contribution in [0.5, 0.6) is 5.88 Å². The first kappa shape index (κ1) is 20.7. The molecule has 1 heterocycles. The molecule has 0 aliphatic rings. The molecule has 0 aliphatic heterocycles. The minimum atomic E-state index is -0.484. The highest BCUT2D eigenvalue weighted by Gasteiger charge is 2.16. The summed E-state index contributed by atoms with van der Waals surface area (Å²) in [5.41, 5.74) is 2.62. The predicted molar refractivity (Wildman–Crippen MR) is 115 cm³/mol. The van der Waals surface area contributed by atoms with Crippen LogP contribution in [0.3, 0.4) is 0 Å². The molecule has 0 atom stereocenters. The van der Waals surface area contributed by atoms with Crippen molar-refractivity contribution in [1.29, 1.82) is 0 Å². The Morgan fingerprint density at radius 3 is 2.69 bits per heavy atom. The lowest BCUT2D eigenvalue weighted by molar-refractivity contribution is -0.118. The second kappa shape index (κ2) is 9.00. The Labute approximate surface area is 176 Å². The van der Waals surface area contributed by atoms with E-state index in [2.05, 4.69) is 31.5 Å². The predicted octanol–water partition coefficient (Wildman–Crippen LogP) is 4.87. The lowest BCUT2D eigenvalue weighted by Crippen LogP contribution is -2.26. The van der Waals surface area contributed by atoms with Crippen molar-refractivity contribution in [3.63, 3.8) is 0 Å². The van der Waals surface area contributed by atoms with Gasteiger partial charge in [0.15, 0.2) is 5.69 Å². The summed E-state index contributed by atoms with van der Waals surface area (Å²) < 4.78 is 2.40. The van der Waals surface area contributed by atoms with Gasteiger partial charge in [0, 0.05) is 29.4 Å². The average Bonchev–Trinajstić information content (AvgIpc) is 2.96. The lowest BCUT2D eigenvalue weighted by atomic mass is 10.1. The molecule has 2 N–H and O–H groups in total. The second-order valence-electron chi connectivity index (χ2n) is 6.52. The highest BCUT2D eigenvalue weighted by molar-refractivity contribution is 9.10. The minimum Gasteiger partial charge on any atom is -0.493 e. The van der Waals surface area contributed by atoms with Gasteiger partial charge in [0.25, 0.3) is 11.8 Å². The number of hydrogen-bond donors (Lipinski definition) is 2. The Kier molecular flexibility index (Phi) is 6.43. The van der Waals surface area contributed by atoms with Gasteiger partial charge in [-0.05, 0) is 54.0 Å². The van der Waals surface area contributed by atoms with Crippen molar-refractivity contribution in [3.8, 4) is 5.88 Å². The zero-order chi connectivity index (χ0) is 21.0. The highest BCUT2D eigenvalue weighted by atomic mass is 79.9. The molecule has 2 aromatic carbocycles. The summed E-state index contributed by atoms with van der Waals surface area (Å²) in [6.07, 6.45) is 0.00585. The van der Waals surface area contributed by atoms with Crippen molar-refractivity contribution in [2.75, 3.05) is 6.54 Å². The first-order valence-corrected chi connectivity index (χ1v) is 10.0. The van der Waals surface area contributed by atoms with E-state index in [-0.39, 0.29) is 30.4 Å². The SMILES string of the molecule is CCn1c(O)c(N=NC(=O)CCNC(=O)c2ccccc2Br)c2cc(C)ccc21. The maximum Gasteiger partial charge on any atom is 0.266 e. The number of carbonyl (C=O) groups is 2. The maximum absolute atomic E-state index is 12.1. The molecule has 29 heavy (non-hydrogen) atoms. The van der Waals surface area contributed by atoms with Gasteiger partial charge < -0.3 is 15.0 Å². The van der Waals surface area contributed by atoms with Crippen LogP contribution in [0.25, 0.3) is 10.9 Å². The Hall–Kier alpha value is -3.00. The molecule has 7 nitrogen and oxygen atoms in total. The lowest BCUT2D eigenvalue weighted by Gasteiger charge is -2.05. The number of rotatable bonds is 6. The van der Waals surface area contributed by atoms with Crippen LogP contribution in [0.4, 0.5) is 5.69 Å². The van der Waals surface area contributed by atoms with Crippen LogP contribution in [0, 0.1) is 6.92 Å². The standard InChI is InChI=1S/C21H21BrN4O3/c1-3-26-17-9-8-13(2)12-15(17)19(21(26)29)25-24-18(27)10-11-23-20(28)14-6-4-5-7-16(14)22/h4-9,12,29H,3,10-11H2,1-2H3,(H,23,28). The monoisotopic (exact) mass is 456 g/mol. The number of hydrogen-bond acceptors (Lipinski definition) is 4. The number of aryl methyl sites for hydroxylation is 2.